The standard InChI is InChI=1S/C27H36O7/c1-19(2)14-15-21-26(3,34-21)25-24(31-5)20(16-17-27(25)18-32-27)33-23(29)13-11-9-7-6-8-10-12-22(28)30-4/h6-14,20-21,24-25H,15-18H2,1-5H3/b8-6+,9-7+,12-10+,13-11-/t20-,21-,24-,25-,26+,27+/m1/s1. The summed E-state index contributed by atoms with van der Waals surface area (Å²) in [6, 6.07) is 0. The highest BCUT2D eigenvalue weighted by Crippen LogP contribution is 2.59. The minimum atomic E-state index is -0.416. The molecule has 7 nitrogen and oxygen atoms in total. The third-order valence-corrected chi connectivity index (χ3v) is 6.73. The van der Waals surface area contributed by atoms with E-state index in [0.29, 0.717) is 13.0 Å². The molecule has 3 rings (SSSR count). The Balaban J connectivity index is 1.57. The lowest BCUT2D eigenvalue weighted by atomic mass is 9.68. The maximum Gasteiger partial charge on any atom is 0.331 e. The first-order valence-corrected chi connectivity index (χ1v) is 11.7. The van der Waals surface area contributed by atoms with Gasteiger partial charge in [0, 0.05) is 19.3 Å². The molecule has 0 aromatic rings. The fraction of sp³-hybridized carbons (Fsp3) is 0.556. The Bertz CT molecular complexity index is 889. The monoisotopic (exact) mass is 472 g/mol. The average Bonchev–Trinajstić information content (AvgIpc) is 3.72. The number of methoxy groups -OCH3 is 2. The van der Waals surface area contributed by atoms with E-state index in [2.05, 4.69) is 31.6 Å². The smallest absolute Gasteiger partial charge is 0.331 e. The Labute approximate surface area is 202 Å². The molecule has 3 aliphatic rings. The van der Waals surface area contributed by atoms with E-state index in [1.165, 1.54) is 24.8 Å². The van der Waals surface area contributed by atoms with E-state index in [9.17, 15) is 9.59 Å². The van der Waals surface area contributed by atoms with Crippen LogP contribution in [-0.4, -0.2) is 62.3 Å². The van der Waals surface area contributed by atoms with Crippen LogP contribution in [0.5, 0.6) is 0 Å². The third-order valence-electron chi connectivity index (χ3n) is 6.73. The van der Waals surface area contributed by atoms with Crippen molar-refractivity contribution in [3.8, 4) is 0 Å². The quantitative estimate of drug-likeness (QED) is 0.156. The van der Waals surface area contributed by atoms with Gasteiger partial charge >= 0.3 is 11.9 Å². The maximum absolute atomic E-state index is 12.5. The minimum Gasteiger partial charge on any atom is -0.466 e. The molecule has 2 heterocycles. The molecule has 0 aromatic heterocycles. The molecular formula is C27H36O7. The summed E-state index contributed by atoms with van der Waals surface area (Å²) in [4.78, 5) is 23.4. The summed E-state index contributed by atoms with van der Waals surface area (Å²) in [5.74, 6) is -0.833. The van der Waals surface area contributed by atoms with Gasteiger partial charge in [0.15, 0.2) is 0 Å². The molecule has 0 amide bonds. The number of carbonyl (C=O) groups excluding carboxylic acids is 2. The van der Waals surface area contributed by atoms with Gasteiger partial charge in [-0.05, 0) is 40.0 Å². The number of rotatable bonds is 10. The van der Waals surface area contributed by atoms with Crippen molar-refractivity contribution in [1.29, 1.82) is 0 Å². The van der Waals surface area contributed by atoms with Crippen molar-refractivity contribution >= 4 is 11.9 Å². The first-order valence-electron chi connectivity index (χ1n) is 11.7. The molecule has 0 N–H and O–H groups in total. The van der Waals surface area contributed by atoms with Gasteiger partial charge in [0.25, 0.3) is 0 Å². The van der Waals surface area contributed by atoms with Crippen molar-refractivity contribution < 1.29 is 33.3 Å². The van der Waals surface area contributed by atoms with E-state index in [-0.39, 0.29) is 35.4 Å². The summed E-state index contributed by atoms with van der Waals surface area (Å²) in [6.07, 6.45) is 16.8. The molecule has 0 aromatic carbocycles. The van der Waals surface area contributed by atoms with Crippen LogP contribution >= 0.6 is 0 Å². The van der Waals surface area contributed by atoms with E-state index in [1.807, 2.05) is 0 Å². The Morgan fingerprint density at radius 3 is 2.18 bits per heavy atom. The number of ether oxygens (including phenoxy) is 5. The van der Waals surface area contributed by atoms with E-state index in [4.69, 9.17) is 18.9 Å². The number of allylic oxidation sites excluding steroid dienone is 7. The molecule has 2 saturated heterocycles. The lowest BCUT2D eigenvalue weighted by Crippen LogP contribution is -2.55. The van der Waals surface area contributed by atoms with Crippen LogP contribution in [-0.2, 0) is 33.3 Å². The van der Waals surface area contributed by atoms with Crippen molar-refractivity contribution in [3.63, 3.8) is 0 Å². The Morgan fingerprint density at radius 2 is 1.62 bits per heavy atom. The van der Waals surface area contributed by atoms with Gasteiger partial charge < -0.3 is 23.7 Å². The van der Waals surface area contributed by atoms with Crippen LogP contribution < -0.4 is 0 Å². The van der Waals surface area contributed by atoms with Gasteiger partial charge in [-0.25, -0.2) is 9.59 Å². The van der Waals surface area contributed by atoms with E-state index < -0.39 is 11.9 Å². The van der Waals surface area contributed by atoms with Gasteiger partial charge in [0.05, 0.1) is 25.7 Å². The second kappa shape index (κ2) is 11.3. The number of hydrogen-bond acceptors (Lipinski definition) is 7. The first-order chi connectivity index (χ1) is 16.3. The Hall–Kier alpha value is -2.48. The summed E-state index contributed by atoms with van der Waals surface area (Å²) in [6.45, 7) is 6.99. The van der Waals surface area contributed by atoms with Crippen LogP contribution in [0.3, 0.4) is 0 Å². The molecular weight excluding hydrogens is 436 g/mol. The molecule has 0 bridgehead atoms. The van der Waals surface area contributed by atoms with Crippen LogP contribution in [0.1, 0.15) is 40.0 Å². The van der Waals surface area contributed by atoms with Crippen LogP contribution in [0.25, 0.3) is 0 Å². The van der Waals surface area contributed by atoms with Gasteiger partial charge in [0.1, 0.15) is 23.4 Å². The van der Waals surface area contributed by atoms with E-state index in [0.717, 1.165) is 12.8 Å². The van der Waals surface area contributed by atoms with Gasteiger partial charge in [0.2, 0.25) is 0 Å². The first kappa shape index (κ1) is 26.1. The number of epoxide rings is 2. The molecule has 186 valence electrons. The second-order valence-electron chi connectivity index (χ2n) is 9.36. The zero-order valence-corrected chi connectivity index (χ0v) is 20.7. The zero-order chi connectivity index (χ0) is 24.8. The summed E-state index contributed by atoms with van der Waals surface area (Å²) in [5.41, 5.74) is 0.662. The fourth-order valence-corrected chi connectivity index (χ4v) is 4.85. The molecule has 0 unspecified atom stereocenters. The average molecular weight is 473 g/mol. The summed E-state index contributed by atoms with van der Waals surface area (Å²) >= 11 is 0. The summed E-state index contributed by atoms with van der Waals surface area (Å²) < 4.78 is 28.3. The highest BCUT2D eigenvalue weighted by molar-refractivity contribution is 5.82. The van der Waals surface area contributed by atoms with Gasteiger partial charge in [-0.3, -0.25) is 0 Å². The van der Waals surface area contributed by atoms with E-state index in [1.54, 1.807) is 43.6 Å². The van der Waals surface area contributed by atoms with Crippen LogP contribution in [0, 0.1) is 5.92 Å². The van der Waals surface area contributed by atoms with Crippen molar-refractivity contribution in [3.05, 3.63) is 60.3 Å². The van der Waals surface area contributed by atoms with Crippen LogP contribution in [0.4, 0.5) is 0 Å². The van der Waals surface area contributed by atoms with Crippen molar-refractivity contribution in [1.82, 2.24) is 0 Å². The predicted molar refractivity (Wildman–Crippen MR) is 128 cm³/mol. The van der Waals surface area contributed by atoms with Gasteiger partial charge in [-0.15, -0.1) is 0 Å². The van der Waals surface area contributed by atoms with Crippen molar-refractivity contribution in [2.45, 2.75) is 69.5 Å². The minimum absolute atomic E-state index is 0.000769. The SMILES string of the molecule is COC(=O)/C=C/C=C/C=C/C=C\C(=O)O[C@@H]1CC[C@]2(CO2)[C@@H]([C@@]2(C)O[C@@H]2CC=C(C)C)[C@@H]1OC. The molecule has 0 radical (unpaired) electrons. The molecule has 34 heavy (non-hydrogen) atoms. The molecule has 3 fully saturated rings. The predicted octanol–water partition coefficient (Wildman–Crippen LogP) is 4.00. The normalized spacial score (nSPS) is 34.9. The molecule has 2 aliphatic heterocycles. The summed E-state index contributed by atoms with van der Waals surface area (Å²) in [5, 5.41) is 0. The second-order valence-corrected chi connectivity index (χ2v) is 9.36. The topological polar surface area (TPSA) is 86.9 Å². The van der Waals surface area contributed by atoms with Crippen LogP contribution in [0.2, 0.25) is 0 Å². The number of hydrogen-bond donors (Lipinski definition) is 0. The molecule has 1 spiro atoms. The lowest BCUT2D eigenvalue weighted by Gasteiger charge is -2.42. The van der Waals surface area contributed by atoms with Gasteiger partial charge in [-0.2, -0.15) is 0 Å². The molecule has 1 aliphatic carbocycles. The fourth-order valence-electron chi connectivity index (χ4n) is 4.85. The van der Waals surface area contributed by atoms with Crippen molar-refractivity contribution in [2.75, 3.05) is 20.8 Å². The number of carbonyl (C=O) groups is 2. The molecule has 1 saturated carbocycles. The lowest BCUT2D eigenvalue weighted by molar-refractivity contribution is -0.166. The summed E-state index contributed by atoms with van der Waals surface area (Å²) in [7, 11) is 2.99. The largest absolute Gasteiger partial charge is 0.466 e. The number of esters is 2. The maximum atomic E-state index is 12.5. The van der Waals surface area contributed by atoms with Gasteiger partial charge in [-0.1, -0.05) is 48.1 Å². The van der Waals surface area contributed by atoms with Crippen LogP contribution in [0.15, 0.2) is 60.3 Å². The molecule has 6 atom stereocenters. The van der Waals surface area contributed by atoms with E-state index >= 15 is 0 Å². The van der Waals surface area contributed by atoms with Crippen molar-refractivity contribution in [2.24, 2.45) is 5.92 Å². The Morgan fingerprint density at radius 1 is 1.00 bits per heavy atom. The molecule has 7 heteroatoms. The zero-order valence-electron chi connectivity index (χ0n) is 20.7. The highest BCUT2D eigenvalue weighted by Gasteiger charge is 2.72. The highest BCUT2D eigenvalue weighted by atomic mass is 16.6. The third kappa shape index (κ3) is 6.34. The Kier molecular flexibility index (Phi) is 8.68.